The Bertz CT molecular complexity index is 1540. The molecule has 5 nitrogen and oxygen atoms in total. The van der Waals surface area contributed by atoms with Gasteiger partial charge in [0.25, 0.3) is 0 Å². The summed E-state index contributed by atoms with van der Waals surface area (Å²) in [6.07, 6.45) is 0.889. The van der Waals surface area contributed by atoms with Crippen molar-refractivity contribution in [2.75, 3.05) is 13.7 Å². The summed E-state index contributed by atoms with van der Waals surface area (Å²) in [4.78, 5) is 16.5. The number of methoxy groups -OCH3 is 1. The predicted octanol–water partition coefficient (Wildman–Crippen LogP) is 6.56. The fourth-order valence-corrected chi connectivity index (χ4v) is 5.26. The zero-order chi connectivity index (χ0) is 23.3. The van der Waals surface area contributed by atoms with E-state index in [9.17, 15) is 4.79 Å². The first-order valence-electron chi connectivity index (χ1n) is 11.1. The summed E-state index contributed by atoms with van der Waals surface area (Å²) in [5, 5.41) is 3.08. The molecule has 168 valence electrons. The average molecular weight is 460 g/mol. The van der Waals surface area contributed by atoms with Crippen LogP contribution in [0.15, 0.2) is 42.5 Å². The number of hydrogen-bond acceptors (Lipinski definition) is 3. The van der Waals surface area contributed by atoms with Crippen LogP contribution in [-0.4, -0.2) is 34.1 Å². The number of imidazole rings is 1. The molecule has 0 atom stereocenters. The molecule has 0 aliphatic heterocycles. The highest BCUT2D eigenvalue weighted by atomic mass is 35.5. The van der Waals surface area contributed by atoms with Crippen LogP contribution < -0.4 is 0 Å². The zero-order valence-corrected chi connectivity index (χ0v) is 20.0. The van der Waals surface area contributed by atoms with Crippen molar-refractivity contribution in [1.82, 2.24) is 14.1 Å². The van der Waals surface area contributed by atoms with Crippen molar-refractivity contribution < 1.29 is 9.53 Å². The summed E-state index contributed by atoms with van der Waals surface area (Å²) < 4.78 is 9.83. The lowest BCUT2D eigenvalue weighted by molar-refractivity contribution is 0.112. The van der Waals surface area contributed by atoms with Gasteiger partial charge in [-0.3, -0.25) is 4.79 Å². The van der Waals surface area contributed by atoms with Crippen LogP contribution in [0, 0.1) is 13.8 Å². The maximum absolute atomic E-state index is 11.5. The van der Waals surface area contributed by atoms with Crippen molar-refractivity contribution >= 4 is 50.7 Å². The summed E-state index contributed by atoms with van der Waals surface area (Å²) >= 11 is 6.68. The van der Waals surface area contributed by atoms with Gasteiger partial charge in [0, 0.05) is 47.6 Å². The van der Waals surface area contributed by atoms with E-state index in [1.807, 2.05) is 25.1 Å². The number of benzene rings is 3. The summed E-state index contributed by atoms with van der Waals surface area (Å²) in [5.74, 6) is 0.867. The van der Waals surface area contributed by atoms with Gasteiger partial charge in [0.2, 0.25) is 0 Å². The van der Waals surface area contributed by atoms with Crippen LogP contribution in [0.4, 0.5) is 0 Å². The summed E-state index contributed by atoms with van der Waals surface area (Å²) in [7, 11) is 1.70. The Morgan fingerprint density at radius 1 is 1.03 bits per heavy atom. The van der Waals surface area contributed by atoms with E-state index in [4.69, 9.17) is 21.3 Å². The van der Waals surface area contributed by atoms with Gasteiger partial charge >= 0.3 is 0 Å². The van der Waals surface area contributed by atoms with Crippen LogP contribution in [0.1, 0.15) is 28.4 Å². The highest BCUT2D eigenvalue weighted by Gasteiger charge is 2.19. The fraction of sp³-hybridized carbons (Fsp3) is 0.259. The van der Waals surface area contributed by atoms with Gasteiger partial charge in [0.1, 0.15) is 12.1 Å². The summed E-state index contributed by atoms with van der Waals surface area (Å²) in [6.45, 7) is 8.23. The fourth-order valence-electron chi connectivity index (χ4n) is 4.89. The minimum Gasteiger partial charge on any atom is -0.383 e. The number of rotatable bonds is 6. The second kappa shape index (κ2) is 8.32. The maximum atomic E-state index is 11.5. The molecular weight excluding hydrogens is 434 g/mol. The Hall–Kier alpha value is -3.15. The Morgan fingerprint density at radius 2 is 1.82 bits per heavy atom. The summed E-state index contributed by atoms with van der Waals surface area (Å²) in [5.41, 5.74) is 7.79. The first-order valence-corrected chi connectivity index (χ1v) is 11.5. The van der Waals surface area contributed by atoms with E-state index in [0.29, 0.717) is 18.7 Å². The van der Waals surface area contributed by atoms with Gasteiger partial charge in [-0.2, -0.15) is 0 Å². The minimum atomic E-state index is 0.569. The topological polar surface area (TPSA) is 49.0 Å². The average Bonchev–Trinajstić information content (AvgIpc) is 3.33. The van der Waals surface area contributed by atoms with Crippen LogP contribution in [-0.2, 0) is 17.8 Å². The highest BCUT2D eigenvalue weighted by molar-refractivity contribution is 6.36. The number of nitrogens with zero attached hydrogens (tertiary/aromatic N) is 3. The molecule has 0 aliphatic carbocycles. The van der Waals surface area contributed by atoms with Crippen molar-refractivity contribution in [2.45, 2.75) is 33.9 Å². The highest BCUT2D eigenvalue weighted by Crippen LogP contribution is 2.37. The molecule has 33 heavy (non-hydrogen) atoms. The third-order valence-electron chi connectivity index (χ3n) is 6.49. The zero-order valence-electron chi connectivity index (χ0n) is 19.3. The third-order valence-corrected chi connectivity index (χ3v) is 6.78. The Kier molecular flexibility index (Phi) is 5.47. The van der Waals surface area contributed by atoms with Gasteiger partial charge in [-0.05, 0) is 74.4 Å². The largest absolute Gasteiger partial charge is 0.383 e. The molecule has 3 aromatic carbocycles. The van der Waals surface area contributed by atoms with E-state index in [1.54, 1.807) is 7.11 Å². The molecule has 0 amide bonds. The molecule has 0 saturated heterocycles. The van der Waals surface area contributed by atoms with Crippen molar-refractivity contribution in [3.8, 4) is 11.4 Å². The number of aromatic nitrogens is 3. The lowest BCUT2D eigenvalue weighted by Crippen LogP contribution is -2.06. The van der Waals surface area contributed by atoms with Crippen molar-refractivity contribution in [1.29, 1.82) is 0 Å². The van der Waals surface area contributed by atoms with Crippen LogP contribution in [0.3, 0.4) is 0 Å². The van der Waals surface area contributed by atoms with Crippen molar-refractivity contribution in [2.24, 2.45) is 0 Å². The normalized spacial score (nSPS) is 11.8. The molecule has 0 unspecified atom stereocenters. The monoisotopic (exact) mass is 459 g/mol. The first kappa shape index (κ1) is 21.7. The second-order valence-corrected chi connectivity index (χ2v) is 8.87. The van der Waals surface area contributed by atoms with E-state index in [-0.39, 0.29) is 0 Å². The van der Waals surface area contributed by atoms with E-state index in [1.165, 1.54) is 0 Å². The molecule has 2 aromatic heterocycles. The minimum absolute atomic E-state index is 0.569. The number of carbonyl (C=O) groups is 1. The van der Waals surface area contributed by atoms with Gasteiger partial charge in [-0.25, -0.2) is 4.98 Å². The van der Waals surface area contributed by atoms with Crippen LogP contribution in [0.25, 0.3) is 44.2 Å². The van der Waals surface area contributed by atoms with Gasteiger partial charge in [-0.1, -0.05) is 11.6 Å². The lowest BCUT2D eigenvalue weighted by Gasteiger charge is -2.10. The number of aldehydes is 1. The molecule has 0 N–H and O–H groups in total. The van der Waals surface area contributed by atoms with Gasteiger partial charge in [-0.15, -0.1) is 0 Å². The van der Waals surface area contributed by atoms with E-state index < -0.39 is 0 Å². The van der Waals surface area contributed by atoms with Crippen molar-refractivity contribution in [3.05, 3.63) is 64.2 Å². The second-order valence-electron chi connectivity index (χ2n) is 8.46. The molecule has 0 bridgehead atoms. The predicted molar refractivity (Wildman–Crippen MR) is 136 cm³/mol. The molecule has 5 aromatic rings. The molecule has 0 spiro atoms. The molecule has 0 saturated carbocycles. The number of ether oxygens (including phenoxy) is 1. The molecule has 0 fully saturated rings. The maximum Gasteiger partial charge on any atom is 0.150 e. The smallest absolute Gasteiger partial charge is 0.150 e. The summed E-state index contributed by atoms with van der Waals surface area (Å²) in [6, 6.07) is 14.5. The number of hydrogen-bond donors (Lipinski definition) is 0. The quantitative estimate of drug-likeness (QED) is 0.270. The molecule has 5 rings (SSSR count). The molecule has 0 radical (unpaired) electrons. The first-order chi connectivity index (χ1) is 16.0. The molecule has 0 aliphatic rings. The van der Waals surface area contributed by atoms with E-state index in [2.05, 4.69) is 47.2 Å². The molecule has 6 heteroatoms. The van der Waals surface area contributed by atoms with E-state index >= 15 is 0 Å². The number of fused-ring (bicyclic) bond motifs is 4. The van der Waals surface area contributed by atoms with Crippen LogP contribution in [0.2, 0.25) is 5.02 Å². The SMILES string of the molecule is CCn1c2ccc(-c3nc4c(C)c(C=O)ccc4n3CCOC)cc2c2cc(C)cc(Cl)c21. The molecular formula is C27H26ClN3O2. The van der Waals surface area contributed by atoms with Crippen LogP contribution in [0.5, 0.6) is 0 Å². The number of halogens is 1. The number of carbonyl (C=O) groups excluding carboxylic acids is 1. The molecule has 2 heterocycles. The van der Waals surface area contributed by atoms with Crippen molar-refractivity contribution in [3.63, 3.8) is 0 Å². The Labute approximate surface area is 197 Å². The van der Waals surface area contributed by atoms with Gasteiger partial charge in [0.05, 0.1) is 28.2 Å². The third kappa shape index (κ3) is 3.35. The lowest BCUT2D eigenvalue weighted by atomic mass is 10.1. The van der Waals surface area contributed by atoms with Gasteiger partial charge in [0.15, 0.2) is 0 Å². The van der Waals surface area contributed by atoms with Gasteiger partial charge < -0.3 is 13.9 Å². The number of aryl methyl sites for hydroxylation is 3. The Morgan fingerprint density at radius 3 is 2.55 bits per heavy atom. The Balaban J connectivity index is 1.81. The van der Waals surface area contributed by atoms with E-state index in [0.717, 1.165) is 73.2 Å². The standard InChI is InChI=1S/C27H26ClN3O2/c1-5-30-23-8-6-18(14-20(23)21-12-16(2)13-22(28)26(21)30)27-29-25-17(3)19(15-32)7-9-24(25)31(27)10-11-33-4/h6-9,12-15H,5,10-11H2,1-4H3. The van der Waals surface area contributed by atoms with Crippen LogP contribution >= 0.6 is 11.6 Å².